The quantitative estimate of drug-likeness (QED) is 0.427. The predicted octanol–water partition coefficient (Wildman–Crippen LogP) is 1.39. The van der Waals surface area contributed by atoms with Gasteiger partial charge in [-0.05, 0) is 6.08 Å². The highest BCUT2D eigenvalue weighted by Crippen LogP contribution is 1.83. The van der Waals surface area contributed by atoms with E-state index >= 15 is 0 Å². The van der Waals surface area contributed by atoms with Crippen LogP contribution in [0, 0.1) is 0 Å². The monoisotopic (exact) mass is 137 g/mol. The minimum absolute atomic E-state index is 0.0272. The molecule has 0 aliphatic rings. The van der Waals surface area contributed by atoms with Gasteiger partial charge < -0.3 is 0 Å². The van der Waals surface area contributed by atoms with Crippen molar-refractivity contribution in [2.75, 3.05) is 7.05 Å². The van der Waals surface area contributed by atoms with Crippen molar-refractivity contribution in [1.82, 2.24) is 0 Å². The lowest BCUT2D eigenvalue weighted by Gasteiger charge is -1.88. The number of carbonyl (C=O) groups is 1. The van der Waals surface area contributed by atoms with Crippen LogP contribution in [0.2, 0.25) is 0 Å². The van der Waals surface area contributed by atoms with Crippen molar-refractivity contribution in [1.29, 1.82) is 0 Å². The highest BCUT2D eigenvalue weighted by molar-refractivity contribution is 6.43. The van der Waals surface area contributed by atoms with Crippen LogP contribution in [0.5, 0.6) is 0 Å². The van der Waals surface area contributed by atoms with Gasteiger partial charge in [0.05, 0.1) is 5.71 Å². The molecule has 0 amide bonds. The fourth-order valence-electron chi connectivity index (χ4n) is 0.509. The third kappa shape index (κ3) is 2.97. The van der Waals surface area contributed by atoms with Crippen LogP contribution >= 0.6 is 0 Å². The molecule has 0 fully saturated rings. The summed E-state index contributed by atoms with van der Waals surface area (Å²) in [5.41, 5.74) is 0.472. The van der Waals surface area contributed by atoms with Gasteiger partial charge in [0.1, 0.15) is 0 Å². The Hall–Kier alpha value is -1.18. The van der Waals surface area contributed by atoms with Crippen LogP contribution in [0.25, 0.3) is 0 Å². The van der Waals surface area contributed by atoms with Crippen molar-refractivity contribution in [3.63, 3.8) is 0 Å². The second kappa shape index (κ2) is 4.68. The number of hydrogen-bond donors (Lipinski definition) is 0. The lowest BCUT2D eigenvalue weighted by molar-refractivity contribution is -0.111. The van der Waals surface area contributed by atoms with Crippen molar-refractivity contribution >= 4 is 11.5 Å². The molecule has 0 radical (unpaired) electrons. The molecule has 0 aliphatic carbocycles. The molecule has 0 spiro atoms. The number of rotatable bonds is 3. The van der Waals surface area contributed by atoms with Crippen LogP contribution < -0.4 is 0 Å². The van der Waals surface area contributed by atoms with Gasteiger partial charge in [-0.2, -0.15) is 0 Å². The Balaban J connectivity index is 4.25. The molecule has 0 saturated heterocycles. The molecule has 0 atom stereocenters. The maximum absolute atomic E-state index is 10.7. The summed E-state index contributed by atoms with van der Waals surface area (Å²) >= 11 is 0. The molecule has 0 aromatic carbocycles. The van der Waals surface area contributed by atoms with Gasteiger partial charge in [0.15, 0.2) is 5.78 Å². The third-order valence-corrected chi connectivity index (χ3v) is 0.992. The molecule has 0 N–H and O–H groups in total. The Morgan fingerprint density at radius 2 is 2.20 bits per heavy atom. The molecule has 54 valence electrons. The Morgan fingerprint density at radius 1 is 1.60 bits per heavy atom. The molecule has 0 aromatic rings. The maximum Gasteiger partial charge on any atom is 0.177 e. The van der Waals surface area contributed by atoms with Crippen LogP contribution in [-0.2, 0) is 4.79 Å². The first-order valence-electron chi connectivity index (χ1n) is 2.99. The second-order valence-corrected chi connectivity index (χ2v) is 1.76. The van der Waals surface area contributed by atoms with Crippen molar-refractivity contribution in [3.05, 3.63) is 24.8 Å². The van der Waals surface area contributed by atoms with Crippen LogP contribution in [-0.4, -0.2) is 18.5 Å². The first kappa shape index (κ1) is 8.82. The summed E-state index contributed by atoms with van der Waals surface area (Å²) in [6.07, 6.45) is 4.92. The predicted molar refractivity (Wildman–Crippen MR) is 43.4 cm³/mol. The summed E-state index contributed by atoms with van der Waals surface area (Å²) in [5.74, 6) is -0.0272. The standard InChI is InChI=1S/C8H11NO/c1-4-5-6-8(9-3)7(2)10/h4-6H,1H2,2-3H3/b6-5-,9-8?. The summed E-state index contributed by atoms with van der Waals surface area (Å²) in [7, 11) is 1.59. The highest BCUT2D eigenvalue weighted by Gasteiger charge is 1.96. The van der Waals surface area contributed by atoms with Gasteiger partial charge in [-0.15, -0.1) is 0 Å². The zero-order chi connectivity index (χ0) is 7.98. The molecule has 0 rings (SSSR count). The van der Waals surface area contributed by atoms with E-state index in [1.54, 1.807) is 25.3 Å². The maximum atomic E-state index is 10.7. The minimum atomic E-state index is -0.0272. The fourth-order valence-corrected chi connectivity index (χ4v) is 0.509. The van der Waals surface area contributed by atoms with E-state index in [0.29, 0.717) is 5.71 Å². The van der Waals surface area contributed by atoms with E-state index in [1.165, 1.54) is 6.92 Å². The Labute approximate surface area is 61.0 Å². The van der Waals surface area contributed by atoms with E-state index < -0.39 is 0 Å². The molecule has 2 heteroatoms. The van der Waals surface area contributed by atoms with Gasteiger partial charge in [0, 0.05) is 14.0 Å². The van der Waals surface area contributed by atoms with Gasteiger partial charge in [-0.25, -0.2) is 0 Å². The van der Waals surface area contributed by atoms with Gasteiger partial charge >= 0.3 is 0 Å². The molecule has 0 heterocycles. The molecule has 0 aliphatic heterocycles. The smallest absolute Gasteiger partial charge is 0.177 e. The Bertz CT molecular complexity index is 189. The average molecular weight is 137 g/mol. The molecular weight excluding hydrogens is 126 g/mol. The normalized spacial score (nSPS) is 12.0. The molecule has 0 saturated carbocycles. The van der Waals surface area contributed by atoms with E-state index in [0.717, 1.165) is 0 Å². The van der Waals surface area contributed by atoms with Gasteiger partial charge in [-0.3, -0.25) is 9.79 Å². The SMILES string of the molecule is C=C/C=C\C(=NC)C(C)=O. The van der Waals surface area contributed by atoms with E-state index in [9.17, 15) is 4.79 Å². The van der Waals surface area contributed by atoms with Crippen LogP contribution in [0.15, 0.2) is 29.8 Å². The number of aliphatic imine (C=N–C) groups is 1. The van der Waals surface area contributed by atoms with Crippen LogP contribution in [0.1, 0.15) is 6.92 Å². The van der Waals surface area contributed by atoms with Gasteiger partial charge in [0.2, 0.25) is 0 Å². The van der Waals surface area contributed by atoms with Crippen LogP contribution in [0.3, 0.4) is 0 Å². The summed E-state index contributed by atoms with van der Waals surface area (Å²) in [4.78, 5) is 14.4. The van der Waals surface area contributed by atoms with Gasteiger partial charge in [0.25, 0.3) is 0 Å². The number of ketones is 1. The third-order valence-electron chi connectivity index (χ3n) is 0.992. The topological polar surface area (TPSA) is 29.4 Å². The zero-order valence-corrected chi connectivity index (χ0v) is 6.29. The number of allylic oxidation sites excluding steroid dienone is 3. The summed E-state index contributed by atoms with van der Waals surface area (Å²) < 4.78 is 0. The highest BCUT2D eigenvalue weighted by atomic mass is 16.1. The lowest BCUT2D eigenvalue weighted by atomic mass is 10.2. The summed E-state index contributed by atoms with van der Waals surface area (Å²) in [6, 6.07) is 0. The number of Topliss-reactive ketones (excluding diaryl/α,β-unsaturated/α-hetero) is 1. The first-order valence-corrected chi connectivity index (χ1v) is 2.99. The molecule has 10 heavy (non-hydrogen) atoms. The van der Waals surface area contributed by atoms with Crippen molar-refractivity contribution in [2.45, 2.75) is 6.92 Å². The molecule has 2 nitrogen and oxygen atoms in total. The summed E-state index contributed by atoms with van der Waals surface area (Å²) in [6.45, 7) is 4.96. The number of carbonyl (C=O) groups excluding carboxylic acids is 1. The second-order valence-electron chi connectivity index (χ2n) is 1.76. The van der Waals surface area contributed by atoms with Gasteiger partial charge in [-0.1, -0.05) is 18.7 Å². The zero-order valence-electron chi connectivity index (χ0n) is 6.29. The summed E-state index contributed by atoms with van der Waals surface area (Å²) in [5, 5.41) is 0. The molecule has 0 bridgehead atoms. The van der Waals surface area contributed by atoms with Crippen LogP contribution in [0.4, 0.5) is 0 Å². The Morgan fingerprint density at radius 3 is 2.50 bits per heavy atom. The van der Waals surface area contributed by atoms with E-state index in [-0.39, 0.29) is 5.78 Å². The van der Waals surface area contributed by atoms with Crippen molar-refractivity contribution in [3.8, 4) is 0 Å². The number of hydrogen-bond acceptors (Lipinski definition) is 2. The largest absolute Gasteiger partial charge is 0.293 e. The van der Waals surface area contributed by atoms with E-state index in [2.05, 4.69) is 11.6 Å². The fraction of sp³-hybridized carbons (Fsp3) is 0.250. The first-order chi connectivity index (χ1) is 4.72. The molecule has 0 aromatic heterocycles. The van der Waals surface area contributed by atoms with Crippen molar-refractivity contribution < 1.29 is 4.79 Å². The molecular formula is C8H11NO. The Kier molecular flexibility index (Phi) is 4.12. The number of nitrogens with zero attached hydrogens (tertiary/aromatic N) is 1. The minimum Gasteiger partial charge on any atom is -0.293 e. The van der Waals surface area contributed by atoms with Crippen molar-refractivity contribution in [2.24, 2.45) is 4.99 Å². The average Bonchev–Trinajstić information content (AvgIpc) is 1.89. The van der Waals surface area contributed by atoms with E-state index in [4.69, 9.17) is 0 Å². The molecule has 0 unspecified atom stereocenters. The lowest BCUT2D eigenvalue weighted by Crippen LogP contribution is -2.05. The van der Waals surface area contributed by atoms with E-state index in [1.807, 2.05) is 0 Å².